The minimum atomic E-state index is -0.633. The van der Waals surface area contributed by atoms with E-state index in [-0.39, 0.29) is 17.1 Å². The van der Waals surface area contributed by atoms with Crippen molar-refractivity contribution in [1.82, 2.24) is 4.90 Å². The van der Waals surface area contributed by atoms with Gasteiger partial charge in [0, 0.05) is 0 Å². The van der Waals surface area contributed by atoms with Gasteiger partial charge in [-0.2, -0.15) is 0 Å². The molecule has 1 aromatic heterocycles. The second kappa shape index (κ2) is 8.55. The summed E-state index contributed by atoms with van der Waals surface area (Å²) >= 11 is 0. The zero-order valence-corrected chi connectivity index (χ0v) is 18.9. The number of ether oxygens (including phenoxy) is 3. The highest BCUT2D eigenvalue weighted by atomic mass is 16.5. The van der Waals surface area contributed by atoms with Gasteiger partial charge in [0.05, 0.1) is 65.5 Å². The molecular weight excluding hydrogens is 412 g/mol. The Morgan fingerprint density at radius 3 is 2.25 bits per heavy atom. The Kier molecular flexibility index (Phi) is 5.80. The van der Waals surface area contributed by atoms with E-state index >= 15 is 0 Å². The Labute approximate surface area is 185 Å². The molecule has 4 rings (SSSR count). The maximum Gasteiger partial charge on any atom is 0.291 e. The number of likely N-dealkylation sites (N-methyl/N-ethyl adjacent to an activating group) is 1. The van der Waals surface area contributed by atoms with Crippen molar-refractivity contribution in [3.63, 3.8) is 0 Å². The van der Waals surface area contributed by atoms with E-state index in [4.69, 9.17) is 18.6 Å². The number of fused-ring (bicyclic) bond motifs is 2. The molecule has 0 saturated heterocycles. The van der Waals surface area contributed by atoms with Crippen LogP contribution in [0.2, 0.25) is 0 Å². The van der Waals surface area contributed by atoms with Gasteiger partial charge in [0.2, 0.25) is 11.5 Å². The molecule has 0 spiro atoms. The van der Waals surface area contributed by atoms with Gasteiger partial charge >= 0.3 is 0 Å². The van der Waals surface area contributed by atoms with Crippen LogP contribution in [-0.2, 0) is 0 Å². The van der Waals surface area contributed by atoms with Crippen LogP contribution in [0.3, 0.4) is 0 Å². The number of para-hydroxylation sites is 1. The molecule has 8 heteroatoms. The van der Waals surface area contributed by atoms with Crippen LogP contribution in [0.1, 0.15) is 27.7 Å². The molecule has 0 aliphatic carbocycles. The smallest absolute Gasteiger partial charge is 0.291 e. The second-order valence-electron chi connectivity index (χ2n) is 7.99. The van der Waals surface area contributed by atoms with Gasteiger partial charge in [0.15, 0.2) is 16.9 Å². The van der Waals surface area contributed by atoms with Crippen LogP contribution in [0.25, 0.3) is 11.0 Å². The first kappa shape index (κ1) is 21.7. The minimum Gasteiger partial charge on any atom is -0.493 e. The van der Waals surface area contributed by atoms with Crippen molar-refractivity contribution in [1.29, 1.82) is 0 Å². The number of carbonyl (C=O) groups is 1. The molecule has 0 fully saturated rings. The molecule has 0 bridgehead atoms. The number of quaternary nitrogens is 1. The molecule has 2 heterocycles. The highest BCUT2D eigenvalue weighted by molar-refractivity contribution is 5.99. The molecule has 0 unspecified atom stereocenters. The Morgan fingerprint density at radius 2 is 1.66 bits per heavy atom. The molecule has 2 aromatic carbocycles. The normalized spacial score (nSPS) is 15.4. The van der Waals surface area contributed by atoms with Crippen LogP contribution in [0.5, 0.6) is 17.2 Å². The van der Waals surface area contributed by atoms with Crippen LogP contribution in [0.4, 0.5) is 0 Å². The standard InChI is InChI=1S/C24H26N2O6/c1-25(2)10-11-26-20(14-12-17(29-3)22(31-5)18(13-14)30-4)19-21(27)15-8-6-7-9-16(15)32-23(19)24(26)28/h6-9,12-13,20H,10-11H2,1-5H3/p+1/t20-/m0/s1. The monoisotopic (exact) mass is 439 g/mol. The fourth-order valence-electron chi connectivity index (χ4n) is 4.15. The lowest BCUT2D eigenvalue weighted by atomic mass is 9.97. The number of nitrogens with one attached hydrogen (secondary N) is 1. The van der Waals surface area contributed by atoms with Crippen molar-refractivity contribution in [2.45, 2.75) is 6.04 Å². The van der Waals surface area contributed by atoms with Gasteiger partial charge in [-0.1, -0.05) is 12.1 Å². The first-order valence-electron chi connectivity index (χ1n) is 10.4. The summed E-state index contributed by atoms with van der Waals surface area (Å²) in [7, 11) is 8.62. The van der Waals surface area contributed by atoms with Gasteiger partial charge < -0.3 is 28.4 Å². The summed E-state index contributed by atoms with van der Waals surface area (Å²) in [6.07, 6.45) is 0. The quantitative estimate of drug-likeness (QED) is 0.601. The van der Waals surface area contributed by atoms with E-state index in [1.165, 1.54) is 26.2 Å². The molecular formula is C24H27N2O6+. The van der Waals surface area contributed by atoms with Crippen molar-refractivity contribution >= 4 is 16.9 Å². The van der Waals surface area contributed by atoms with Crippen LogP contribution in [-0.4, -0.2) is 59.3 Å². The highest BCUT2D eigenvalue weighted by Crippen LogP contribution is 2.44. The van der Waals surface area contributed by atoms with E-state index in [0.717, 1.165) is 0 Å². The van der Waals surface area contributed by atoms with Crippen molar-refractivity contribution < 1.29 is 28.3 Å². The fourth-order valence-corrected chi connectivity index (χ4v) is 4.15. The van der Waals surface area contributed by atoms with Crippen LogP contribution in [0, 0.1) is 0 Å². The van der Waals surface area contributed by atoms with Crippen molar-refractivity contribution in [2.24, 2.45) is 0 Å². The molecule has 32 heavy (non-hydrogen) atoms. The van der Waals surface area contributed by atoms with Crippen LogP contribution >= 0.6 is 0 Å². The fraction of sp³-hybridized carbons (Fsp3) is 0.333. The van der Waals surface area contributed by atoms with Crippen molar-refractivity contribution in [2.75, 3.05) is 48.5 Å². The molecule has 3 aromatic rings. The largest absolute Gasteiger partial charge is 0.493 e. The average Bonchev–Trinajstić information content (AvgIpc) is 3.08. The lowest BCUT2D eigenvalue weighted by molar-refractivity contribution is -0.857. The predicted molar refractivity (Wildman–Crippen MR) is 119 cm³/mol. The molecule has 1 aliphatic rings. The van der Waals surface area contributed by atoms with E-state index in [1.54, 1.807) is 41.3 Å². The molecule has 0 radical (unpaired) electrons. The second-order valence-corrected chi connectivity index (χ2v) is 7.99. The Morgan fingerprint density at radius 1 is 1.00 bits per heavy atom. The number of hydrogen-bond donors (Lipinski definition) is 1. The van der Waals surface area contributed by atoms with Crippen molar-refractivity contribution in [3.8, 4) is 17.2 Å². The summed E-state index contributed by atoms with van der Waals surface area (Å²) in [5.41, 5.74) is 1.20. The van der Waals surface area contributed by atoms with E-state index in [0.29, 0.717) is 52.4 Å². The van der Waals surface area contributed by atoms with Crippen LogP contribution in [0.15, 0.2) is 45.6 Å². The Balaban J connectivity index is 1.98. The number of rotatable bonds is 7. The predicted octanol–water partition coefficient (Wildman–Crippen LogP) is 1.51. The first-order valence-corrected chi connectivity index (χ1v) is 10.4. The van der Waals surface area contributed by atoms with Gasteiger partial charge in [-0.25, -0.2) is 0 Å². The summed E-state index contributed by atoms with van der Waals surface area (Å²) in [5, 5.41) is 0.441. The molecule has 168 valence electrons. The number of amides is 1. The van der Waals surface area contributed by atoms with Crippen molar-refractivity contribution in [3.05, 3.63) is 63.5 Å². The molecule has 1 N–H and O–H groups in total. The summed E-state index contributed by atoms with van der Waals surface area (Å²) in [6.45, 7) is 1.15. The summed E-state index contributed by atoms with van der Waals surface area (Å²) in [5.74, 6) is 1.12. The zero-order valence-electron chi connectivity index (χ0n) is 18.9. The maximum absolute atomic E-state index is 13.5. The molecule has 8 nitrogen and oxygen atoms in total. The SMILES string of the molecule is COc1cc([C@H]2c3c(oc4ccccc4c3=O)C(=O)N2CC[NH+](C)C)cc(OC)c1OC. The van der Waals surface area contributed by atoms with Gasteiger partial charge in [0.25, 0.3) is 5.91 Å². The van der Waals surface area contributed by atoms with Gasteiger partial charge in [-0.05, 0) is 29.8 Å². The third-order valence-electron chi connectivity index (χ3n) is 5.73. The summed E-state index contributed by atoms with van der Waals surface area (Å²) in [4.78, 5) is 29.8. The number of methoxy groups -OCH3 is 3. The number of carbonyl (C=O) groups excluding carboxylic acids is 1. The number of hydrogen-bond acceptors (Lipinski definition) is 6. The zero-order chi connectivity index (χ0) is 23.0. The number of nitrogens with zero attached hydrogens (tertiary/aromatic N) is 1. The lowest BCUT2D eigenvalue weighted by Gasteiger charge is -2.26. The summed E-state index contributed by atoms with van der Waals surface area (Å²) < 4.78 is 22.4. The van der Waals surface area contributed by atoms with E-state index < -0.39 is 6.04 Å². The Bertz CT molecular complexity index is 1210. The van der Waals surface area contributed by atoms with Gasteiger partial charge in [0.1, 0.15) is 5.58 Å². The van der Waals surface area contributed by atoms with Crippen LogP contribution < -0.4 is 24.5 Å². The molecule has 1 aliphatic heterocycles. The van der Waals surface area contributed by atoms with E-state index in [2.05, 4.69) is 0 Å². The first-order chi connectivity index (χ1) is 15.4. The molecule has 1 amide bonds. The average molecular weight is 439 g/mol. The minimum absolute atomic E-state index is 0.0845. The maximum atomic E-state index is 13.5. The highest BCUT2D eigenvalue weighted by Gasteiger charge is 2.43. The third kappa shape index (κ3) is 3.46. The van der Waals surface area contributed by atoms with E-state index in [1.807, 2.05) is 14.1 Å². The topological polar surface area (TPSA) is 82.7 Å². The van der Waals surface area contributed by atoms with Gasteiger partial charge in [-0.3, -0.25) is 9.59 Å². The van der Waals surface area contributed by atoms with E-state index in [9.17, 15) is 9.59 Å². The summed E-state index contributed by atoms with van der Waals surface area (Å²) in [6, 6.07) is 9.89. The lowest BCUT2D eigenvalue weighted by Crippen LogP contribution is -3.06. The molecule has 0 saturated carbocycles. The number of benzene rings is 2. The van der Waals surface area contributed by atoms with Gasteiger partial charge in [-0.15, -0.1) is 0 Å². The Hall–Kier alpha value is -3.52. The molecule has 1 atom stereocenters. The third-order valence-corrected chi connectivity index (χ3v) is 5.73.